The molecular formula is C13H17BrN2O3S. The number of hydrogen-bond acceptors (Lipinski definition) is 6. The van der Waals surface area contributed by atoms with Crippen molar-refractivity contribution in [1.29, 1.82) is 0 Å². The van der Waals surface area contributed by atoms with Crippen LogP contribution in [0.4, 0.5) is 0 Å². The number of aromatic nitrogens is 1. The molecule has 1 N–H and O–H groups in total. The van der Waals surface area contributed by atoms with Gasteiger partial charge in [0.25, 0.3) is 0 Å². The van der Waals surface area contributed by atoms with Gasteiger partial charge in [0.15, 0.2) is 5.90 Å². The summed E-state index contributed by atoms with van der Waals surface area (Å²) >= 11 is 4.97. The number of aliphatic hydroxyl groups excluding tert-OH is 1. The lowest BCUT2D eigenvalue weighted by Crippen LogP contribution is -2.55. The highest BCUT2D eigenvalue weighted by molar-refractivity contribution is 9.10. The van der Waals surface area contributed by atoms with Gasteiger partial charge < -0.3 is 14.6 Å². The number of nitrogens with zero attached hydrogens (tertiary/aromatic N) is 2. The summed E-state index contributed by atoms with van der Waals surface area (Å²) in [4.78, 5) is 9.29. The average molecular weight is 361 g/mol. The number of fused-ring (bicyclic) bond motifs is 1. The predicted octanol–water partition coefficient (Wildman–Crippen LogP) is 2.34. The minimum Gasteiger partial charge on any atom is -0.475 e. The van der Waals surface area contributed by atoms with Gasteiger partial charge in [-0.1, -0.05) is 0 Å². The Morgan fingerprint density at radius 1 is 1.60 bits per heavy atom. The van der Waals surface area contributed by atoms with Crippen LogP contribution in [0.25, 0.3) is 0 Å². The lowest BCUT2D eigenvalue weighted by Gasteiger charge is -2.47. The van der Waals surface area contributed by atoms with E-state index in [0.717, 1.165) is 16.0 Å². The standard InChI is InChI=1S/C13H17BrN2O3S/c1-7-3-9-10(4-17)19-8(2)16-13(9,6-18-7)12-15-11(14)5-20-12/h5,7,9-10,17H,3-4,6H2,1-2H3/t7-,9-,10+,13-/m0/s1. The number of aliphatic hydroxyl groups is 1. The van der Waals surface area contributed by atoms with Crippen molar-refractivity contribution in [2.45, 2.75) is 38.0 Å². The normalized spacial score (nSPS) is 37.0. The molecule has 1 aromatic rings. The summed E-state index contributed by atoms with van der Waals surface area (Å²) in [7, 11) is 0. The summed E-state index contributed by atoms with van der Waals surface area (Å²) in [5, 5.41) is 12.5. The van der Waals surface area contributed by atoms with Gasteiger partial charge in [-0.05, 0) is 29.3 Å². The van der Waals surface area contributed by atoms with E-state index in [-0.39, 0.29) is 24.7 Å². The van der Waals surface area contributed by atoms with Crippen LogP contribution in [0.2, 0.25) is 0 Å². The van der Waals surface area contributed by atoms with Crippen LogP contribution in [0.1, 0.15) is 25.3 Å². The molecule has 5 nitrogen and oxygen atoms in total. The predicted molar refractivity (Wildman–Crippen MR) is 80.1 cm³/mol. The molecule has 2 aliphatic rings. The van der Waals surface area contributed by atoms with Crippen molar-refractivity contribution in [1.82, 2.24) is 4.98 Å². The Morgan fingerprint density at radius 3 is 3.05 bits per heavy atom. The average Bonchev–Trinajstić information content (AvgIpc) is 2.85. The number of aliphatic imine (C=N–C) groups is 1. The van der Waals surface area contributed by atoms with Crippen LogP contribution in [0.5, 0.6) is 0 Å². The van der Waals surface area contributed by atoms with Crippen LogP contribution in [0, 0.1) is 5.92 Å². The van der Waals surface area contributed by atoms with E-state index in [9.17, 15) is 5.11 Å². The van der Waals surface area contributed by atoms with E-state index in [0.29, 0.717) is 12.5 Å². The van der Waals surface area contributed by atoms with Gasteiger partial charge in [-0.15, -0.1) is 11.3 Å². The van der Waals surface area contributed by atoms with Crippen molar-refractivity contribution < 1.29 is 14.6 Å². The summed E-state index contributed by atoms with van der Waals surface area (Å²) in [5.41, 5.74) is -0.529. The van der Waals surface area contributed by atoms with Gasteiger partial charge >= 0.3 is 0 Å². The molecule has 3 heterocycles. The number of ether oxygens (including phenoxy) is 2. The van der Waals surface area contributed by atoms with E-state index in [1.54, 1.807) is 11.3 Å². The minimum absolute atomic E-state index is 0.0153. The Morgan fingerprint density at radius 2 is 2.40 bits per heavy atom. The second kappa shape index (κ2) is 5.36. The molecule has 0 amide bonds. The number of hydrogen-bond donors (Lipinski definition) is 1. The van der Waals surface area contributed by atoms with Crippen molar-refractivity contribution in [2.75, 3.05) is 13.2 Å². The van der Waals surface area contributed by atoms with E-state index in [4.69, 9.17) is 14.5 Å². The summed E-state index contributed by atoms with van der Waals surface area (Å²) in [6.45, 7) is 4.33. The van der Waals surface area contributed by atoms with Gasteiger partial charge in [0.1, 0.15) is 21.3 Å². The van der Waals surface area contributed by atoms with Crippen molar-refractivity contribution in [2.24, 2.45) is 10.9 Å². The largest absolute Gasteiger partial charge is 0.475 e. The maximum Gasteiger partial charge on any atom is 0.181 e. The van der Waals surface area contributed by atoms with Crippen LogP contribution in [0.15, 0.2) is 15.0 Å². The molecule has 2 aliphatic heterocycles. The zero-order valence-corrected chi connectivity index (χ0v) is 13.8. The fraction of sp³-hybridized carbons (Fsp3) is 0.692. The van der Waals surface area contributed by atoms with E-state index < -0.39 is 5.54 Å². The maximum absolute atomic E-state index is 9.65. The summed E-state index contributed by atoms with van der Waals surface area (Å²) < 4.78 is 12.4. The topological polar surface area (TPSA) is 63.9 Å². The SMILES string of the molecule is CC1=N[C@@]2(c3nc(Br)cs3)CO[C@@H](C)C[C@H]2[C@@H](CO)O1. The number of halogens is 1. The molecule has 0 spiro atoms. The zero-order valence-electron chi connectivity index (χ0n) is 11.4. The highest BCUT2D eigenvalue weighted by Crippen LogP contribution is 2.47. The minimum atomic E-state index is -0.529. The summed E-state index contributed by atoms with van der Waals surface area (Å²) in [6, 6.07) is 0. The molecule has 3 rings (SSSR count). The fourth-order valence-electron chi connectivity index (χ4n) is 3.07. The maximum atomic E-state index is 9.65. The van der Waals surface area contributed by atoms with E-state index >= 15 is 0 Å². The lowest BCUT2D eigenvalue weighted by molar-refractivity contribution is -0.107. The van der Waals surface area contributed by atoms with Crippen LogP contribution < -0.4 is 0 Å². The van der Waals surface area contributed by atoms with Gasteiger partial charge in [-0.2, -0.15) is 0 Å². The van der Waals surface area contributed by atoms with Gasteiger partial charge in [-0.25, -0.2) is 9.98 Å². The molecule has 1 fully saturated rings. The summed E-state index contributed by atoms with van der Waals surface area (Å²) in [6.07, 6.45) is 0.698. The first kappa shape index (κ1) is 14.4. The monoisotopic (exact) mass is 360 g/mol. The highest BCUT2D eigenvalue weighted by Gasteiger charge is 2.53. The third kappa shape index (κ3) is 2.30. The Hall–Kier alpha value is -0.500. The Labute approximate surface area is 130 Å². The Kier molecular flexibility index (Phi) is 3.87. The van der Waals surface area contributed by atoms with Gasteiger partial charge in [-0.3, -0.25) is 0 Å². The first-order valence-corrected chi connectivity index (χ1v) is 8.29. The molecule has 4 atom stereocenters. The molecule has 1 saturated heterocycles. The van der Waals surface area contributed by atoms with Gasteiger partial charge in [0.2, 0.25) is 0 Å². The summed E-state index contributed by atoms with van der Waals surface area (Å²) in [5.74, 6) is 0.669. The zero-order chi connectivity index (χ0) is 14.3. The molecule has 20 heavy (non-hydrogen) atoms. The number of rotatable bonds is 2. The third-order valence-corrected chi connectivity index (χ3v) is 5.66. The molecule has 0 aliphatic carbocycles. The van der Waals surface area contributed by atoms with Crippen molar-refractivity contribution >= 4 is 33.2 Å². The van der Waals surface area contributed by atoms with Crippen molar-refractivity contribution in [3.63, 3.8) is 0 Å². The first-order valence-electron chi connectivity index (χ1n) is 6.62. The molecule has 0 unspecified atom stereocenters. The first-order chi connectivity index (χ1) is 9.55. The quantitative estimate of drug-likeness (QED) is 0.878. The molecule has 0 aromatic carbocycles. The van der Waals surface area contributed by atoms with Crippen LogP contribution in [-0.4, -0.2) is 41.4 Å². The lowest BCUT2D eigenvalue weighted by atomic mass is 9.75. The van der Waals surface area contributed by atoms with Gasteiger partial charge in [0, 0.05) is 18.2 Å². The molecule has 1 aromatic heterocycles. The van der Waals surface area contributed by atoms with E-state index in [1.165, 1.54) is 0 Å². The Balaban J connectivity index is 2.09. The third-order valence-electron chi connectivity index (χ3n) is 3.94. The van der Waals surface area contributed by atoms with Gasteiger partial charge in [0.05, 0.1) is 19.3 Å². The van der Waals surface area contributed by atoms with E-state index in [1.807, 2.05) is 19.2 Å². The number of thiazole rings is 1. The van der Waals surface area contributed by atoms with E-state index in [2.05, 4.69) is 20.9 Å². The fourth-order valence-corrected chi connectivity index (χ4v) is 4.51. The Bertz CT molecular complexity index is 535. The molecule has 0 radical (unpaired) electrons. The van der Waals surface area contributed by atoms with Crippen LogP contribution in [0.3, 0.4) is 0 Å². The van der Waals surface area contributed by atoms with Crippen molar-refractivity contribution in [3.05, 3.63) is 15.0 Å². The second-order valence-corrected chi connectivity index (χ2v) is 7.00. The second-order valence-electron chi connectivity index (χ2n) is 5.33. The molecular weight excluding hydrogens is 344 g/mol. The molecule has 110 valence electrons. The molecule has 7 heteroatoms. The smallest absolute Gasteiger partial charge is 0.181 e. The molecule has 0 bridgehead atoms. The van der Waals surface area contributed by atoms with Crippen LogP contribution in [-0.2, 0) is 15.0 Å². The van der Waals surface area contributed by atoms with Crippen LogP contribution >= 0.6 is 27.3 Å². The highest BCUT2D eigenvalue weighted by atomic mass is 79.9. The molecule has 0 saturated carbocycles. The van der Waals surface area contributed by atoms with Crippen molar-refractivity contribution in [3.8, 4) is 0 Å².